The van der Waals surface area contributed by atoms with Gasteiger partial charge in [-0.1, -0.05) is 12.1 Å². The van der Waals surface area contributed by atoms with Crippen molar-refractivity contribution in [2.75, 3.05) is 5.73 Å². The Morgan fingerprint density at radius 2 is 2.12 bits per heavy atom. The molecular formula is C13H9N3O. The normalized spacial score (nSPS) is 9.59. The molecule has 0 spiro atoms. The van der Waals surface area contributed by atoms with Gasteiger partial charge in [-0.25, -0.2) is 4.98 Å². The Morgan fingerprint density at radius 1 is 1.29 bits per heavy atom. The van der Waals surface area contributed by atoms with Crippen molar-refractivity contribution >= 4 is 12.1 Å². The van der Waals surface area contributed by atoms with Crippen molar-refractivity contribution in [2.45, 2.75) is 0 Å². The van der Waals surface area contributed by atoms with Gasteiger partial charge in [0.05, 0.1) is 22.9 Å². The highest BCUT2D eigenvalue weighted by atomic mass is 16.1. The molecule has 0 unspecified atom stereocenters. The van der Waals surface area contributed by atoms with Crippen LogP contribution in [0.4, 0.5) is 5.82 Å². The molecule has 2 aromatic rings. The van der Waals surface area contributed by atoms with E-state index in [0.717, 1.165) is 5.56 Å². The van der Waals surface area contributed by atoms with E-state index in [1.54, 1.807) is 30.3 Å². The van der Waals surface area contributed by atoms with Gasteiger partial charge in [0.25, 0.3) is 0 Å². The van der Waals surface area contributed by atoms with Gasteiger partial charge in [-0.05, 0) is 24.3 Å². The van der Waals surface area contributed by atoms with Gasteiger partial charge in [0.2, 0.25) is 0 Å². The second kappa shape index (κ2) is 4.45. The number of carbonyl (C=O) groups excluding carboxylic acids is 1. The molecule has 17 heavy (non-hydrogen) atoms. The third-order valence-electron chi connectivity index (χ3n) is 2.37. The molecule has 82 valence electrons. The van der Waals surface area contributed by atoms with E-state index in [-0.39, 0.29) is 5.82 Å². The minimum atomic E-state index is 0.194. The van der Waals surface area contributed by atoms with Crippen LogP contribution in [0.15, 0.2) is 36.4 Å². The largest absolute Gasteiger partial charge is 0.383 e. The van der Waals surface area contributed by atoms with E-state index in [9.17, 15) is 4.79 Å². The van der Waals surface area contributed by atoms with Crippen LogP contribution in [0.25, 0.3) is 11.3 Å². The molecule has 2 N–H and O–H groups in total. The summed E-state index contributed by atoms with van der Waals surface area (Å²) >= 11 is 0. The van der Waals surface area contributed by atoms with E-state index in [2.05, 4.69) is 11.1 Å². The minimum Gasteiger partial charge on any atom is -0.383 e. The molecule has 0 radical (unpaired) electrons. The molecule has 0 amide bonds. The van der Waals surface area contributed by atoms with Crippen molar-refractivity contribution in [3.8, 4) is 17.3 Å². The second-order valence-electron chi connectivity index (χ2n) is 3.48. The Labute approximate surface area is 98.3 Å². The van der Waals surface area contributed by atoms with Gasteiger partial charge in [-0.15, -0.1) is 0 Å². The van der Waals surface area contributed by atoms with Crippen LogP contribution in [0.5, 0.6) is 0 Å². The zero-order chi connectivity index (χ0) is 12.3. The summed E-state index contributed by atoms with van der Waals surface area (Å²) in [6.45, 7) is 0. The zero-order valence-electron chi connectivity index (χ0n) is 8.92. The number of nitrogen functional groups attached to an aromatic ring is 1. The number of carbonyl (C=O) groups is 1. The smallest absolute Gasteiger partial charge is 0.153 e. The second-order valence-corrected chi connectivity index (χ2v) is 3.48. The van der Waals surface area contributed by atoms with Gasteiger partial charge in [-0.2, -0.15) is 5.26 Å². The predicted molar refractivity (Wildman–Crippen MR) is 64.2 cm³/mol. The predicted octanol–water partition coefficient (Wildman–Crippen LogP) is 2.01. The van der Waals surface area contributed by atoms with Crippen LogP contribution in [0.1, 0.15) is 15.9 Å². The number of aldehydes is 1. The molecule has 2 rings (SSSR count). The lowest BCUT2D eigenvalue weighted by Crippen LogP contribution is -1.97. The van der Waals surface area contributed by atoms with Crippen molar-refractivity contribution in [2.24, 2.45) is 0 Å². The minimum absolute atomic E-state index is 0.194. The number of nitrogens with zero attached hydrogens (tertiary/aromatic N) is 2. The molecule has 0 aliphatic rings. The van der Waals surface area contributed by atoms with Crippen LogP contribution >= 0.6 is 0 Å². The standard InChI is InChI=1S/C13H9N3O/c14-7-9-2-1-3-10(6-9)12-5-4-11(8-17)13(15)16-12/h1-6,8H,(H2,15,16). The van der Waals surface area contributed by atoms with Gasteiger partial charge in [0.15, 0.2) is 6.29 Å². The summed E-state index contributed by atoms with van der Waals surface area (Å²) in [6, 6.07) is 12.4. The molecule has 0 bridgehead atoms. The lowest BCUT2D eigenvalue weighted by Gasteiger charge is -2.03. The fraction of sp³-hybridized carbons (Fsp3) is 0. The topological polar surface area (TPSA) is 79.8 Å². The van der Waals surface area contributed by atoms with Crippen molar-refractivity contribution in [1.82, 2.24) is 4.98 Å². The van der Waals surface area contributed by atoms with Crippen molar-refractivity contribution in [3.63, 3.8) is 0 Å². The fourth-order valence-electron chi connectivity index (χ4n) is 1.49. The molecule has 0 saturated carbocycles. The first-order valence-electron chi connectivity index (χ1n) is 4.97. The van der Waals surface area contributed by atoms with Crippen molar-refractivity contribution < 1.29 is 4.79 Å². The van der Waals surface area contributed by atoms with Gasteiger partial charge in [0, 0.05) is 5.56 Å². The number of benzene rings is 1. The van der Waals surface area contributed by atoms with Crippen LogP contribution in [0.3, 0.4) is 0 Å². The monoisotopic (exact) mass is 223 g/mol. The average Bonchev–Trinajstić information content (AvgIpc) is 2.38. The molecule has 0 aliphatic carbocycles. The quantitative estimate of drug-likeness (QED) is 0.790. The Bertz CT molecular complexity index is 614. The molecule has 0 atom stereocenters. The molecule has 1 aromatic heterocycles. The summed E-state index contributed by atoms with van der Waals surface area (Å²) in [5.74, 6) is 0.194. The summed E-state index contributed by atoms with van der Waals surface area (Å²) in [5, 5.41) is 8.80. The van der Waals surface area contributed by atoms with E-state index >= 15 is 0 Å². The van der Waals surface area contributed by atoms with Crippen molar-refractivity contribution in [3.05, 3.63) is 47.5 Å². The summed E-state index contributed by atoms with van der Waals surface area (Å²) < 4.78 is 0. The number of pyridine rings is 1. The van der Waals surface area contributed by atoms with Crippen LogP contribution in [0, 0.1) is 11.3 Å². The van der Waals surface area contributed by atoms with E-state index < -0.39 is 0 Å². The number of hydrogen-bond donors (Lipinski definition) is 1. The Balaban J connectivity index is 2.50. The highest BCUT2D eigenvalue weighted by Crippen LogP contribution is 2.20. The summed E-state index contributed by atoms with van der Waals surface area (Å²) in [6.07, 6.45) is 0.664. The van der Waals surface area contributed by atoms with E-state index in [1.165, 1.54) is 0 Å². The number of anilines is 1. The van der Waals surface area contributed by atoms with Crippen LogP contribution in [-0.4, -0.2) is 11.3 Å². The molecule has 0 fully saturated rings. The molecule has 4 nitrogen and oxygen atoms in total. The van der Waals surface area contributed by atoms with Crippen LogP contribution in [-0.2, 0) is 0 Å². The number of nitrogens with two attached hydrogens (primary N) is 1. The maximum atomic E-state index is 10.6. The number of hydrogen-bond acceptors (Lipinski definition) is 4. The summed E-state index contributed by atoms with van der Waals surface area (Å²) in [5.41, 5.74) is 8.00. The van der Waals surface area contributed by atoms with Gasteiger partial charge in [0.1, 0.15) is 5.82 Å². The van der Waals surface area contributed by atoms with E-state index in [4.69, 9.17) is 11.0 Å². The first kappa shape index (κ1) is 10.8. The maximum absolute atomic E-state index is 10.6. The van der Waals surface area contributed by atoms with Crippen LogP contribution in [0.2, 0.25) is 0 Å². The van der Waals surface area contributed by atoms with Crippen molar-refractivity contribution in [1.29, 1.82) is 5.26 Å². The first-order valence-corrected chi connectivity index (χ1v) is 4.97. The number of rotatable bonds is 2. The van der Waals surface area contributed by atoms with Crippen LogP contribution < -0.4 is 5.73 Å². The Morgan fingerprint density at radius 3 is 2.76 bits per heavy atom. The Hall–Kier alpha value is -2.67. The molecule has 1 aromatic carbocycles. The summed E-state index contributed by atoms with van der Waals surface area (Å²) in [7, 11) is 0. The number of nitriles is 1. The third-order valence-corrected chi connectivity index (χ3v) is 2.37. The highest BCUT2D eigenvalue weighted by Gasteiger charge is 2.04. The highest BCUT2D eigenvalue weighted by molar-refractivity contribution is 5.82. The lowest BCUT2D eigenvalue weighted by atomic mass is 10.1. The molecule has 0 aliphatic heterocycles. The summed E-state index contributed by atoms with van der Waals surface area (Å²) in [4.78, 5) is 14.7. The first-order chi connectivity index (χ1) is 8.24. The average molecular weight is 223 g/mol. The van der Waals surface area contributed by atoms with Gasteiger partial charge >= 0.3 is 0 Å². The van der Waals surface area contributed by atoms with Gasteiger partial charge < -0.3 is 5.73 Å². The van der Waals surface area contributed by atoms with Gasteiger partial charge in [-0.3, -0.25) is 4.79 Å². The van der Waals surface area contributed by atoms with E-state index in [0.29, 0.717) is 23.1 Å². The third kappa shape index (κ3) is 2.13. The SMILES string of the molecule is N#Cc1cccc(-c2ccc(C=O)c(N)n2)c1. The number of aromatic nitrogens is 1. The molecular weight excluding hydrogens is 214 g/mol. The maximum Gasteiger partial charge on any atom is 0.153 e. The zero-order valence-corrected chi connectivity index (χ0v) is 8.92. The molecule has 0 saturated heterocycles. The lowest BCUT2D eigenvalue weighted by molar-refractivity contribution is 0.112. The molecule has 1 heterocycles. The van der Waals surface area contributed by atoms with E-state index in [1.807, 2.05) is 6.07 Å². The Kier molecular flexibility index (Phi) is 2.84. The fourth-order valence-corrected chi connectivity index (χ4v) is 1.49. The molecule has 4 heteroatoms.